The molecule has 0 fully saturated rings. The summed E-state index contributed by atoms with van der Waals surface area (Å²) in [4.78, 5) is 12.8. The van der Waals surface area contributed by atoms with E-state index in [-0.39, 0.29) is 0 Å². The van der Waals surface area contributed by atoms with Gasteiger partial charge in [-0.3, -0.25) is 4.98 Å². The summed E-state index contributed by atoms with van der Waals surface area (Å²) >= 11 is 0. The van der Waals surface area contributed by atoms with Crippen LogP contribution >= 0.6 is 0 Å². The van der Waals surface area contributed by atoms with Gasteiger partial charge in [-0.15, -0.1) is 5.10 Å². The molecule has 2 aromatic rings. The fourth-order valence-corrected chi connectivity index (χ4v) is 1.50. The zero-order valence-corrected chi connectivity index (χ0v) is 9.60. The maximum absolute atomic E-state index is 4.44. The number of nitrogens with one attached hydrogen (secondary N) is 1. The van der Waals surface area contributed by atoms with E-state index < -0.39 is 0 Å². The summed E-state index contributed by atoms with van der Waals surface area (Å²) in [7, 11) is 1.87. The molecule has 0 bridgehead atoms. The molecule has 0 unspecified atom stereocenters. The van der Waals surface area contributed by atoms with Gasteiger partial charge in [-0.1, -0.05) is 0 Å². The van der Waals surface area contributed by atoms with E-state index in [4.69, 9.17) is 0 Å². The van der Waals surface area contributed by atoms with E-state index in [2.05, 4.69) is 25.4 Å². The Balaban J connectivity index is 2.40. The molecule has 0 spiro atoms. The molecule has 0 saturated carbocycles. The van der Waals surface area contributed by atoms with Gasteiger partial charge in [0.15, 0.2) is 5.82 Å². The second-order valence-corrected chi connectivity index (χ2v) is 3.52. The Morgan fingerprint density at radius 1 is 1.25 bits per heavy atom. The van der Waals surface area contributed by atoms with Gasteiger partial charge < -0.3 is 5.32 Å². The second kappa shape index (κ2) is 4.36. The Morgan fingerprint density at radius 3 is 2.69 bits per heavy atom. The number of hydrogen-bond acceptors (Lipinski definition) is 5. The lowest BCUT2D eigenvalue weighted by atomic mass is 10.4. The maximum Gasteiger partial charge on any atom is 0.174 e. The van der Waals surface area contributed by atoms with Gasteiger partial charge in [0.1, 0.15) is 11.6 Å². The Bertz CT molecular complexity index is 490. The minimum Gasteiger partial charge on any atom is -0.314 e. The third-order valence-corrected chi connectivity index (χ3v) is 2.12. The molecule has 6 heteroatoms. The summed E-state index contributed by atoms with van der Waals surface area (Å²) < 4.78 is 1.70. The van der Waals surface area contributed by atoms with Gasteiger partial charge in [-0.25, -0.2) is 9.97 Å². The van der Waals surface area contributed by atoms with Crippen LogP contribution in [0.15, 0.2) is 12.4 Å². The highest BCUT2D eigenvalue weighted by molar-refractivity contribution is 5.20. The Hall–Kier alpha value is -1.82. The summed E-state index contributed by atoms with van der Waals surface area (Å²) in [5.74, 6) is 2.25. The number of aromatic nitrogens is 5. The SMILES string of the molecule is CNCc1cncc(-n2nc(C)nc2C)n1. The molecule has 2 rings (SSSR count). The highest BCUT2D eigenvalue weighted by atomic mass is 15.4. The summed E-state index contributed by atoms with van der Waals surface area (Å²) in [6.45, 7) is 4.44. The van der Waals surface area contributed by atoms with Crippen molar-refractivity contribution in [2.24, 2.45) is 0 Å². The van der Waals surface area contributed by atoms with E-state index in [0.717, 1.165) is 17.3 Å². The van der Waals surface area contributed by atoms with Crippen molar-refractivity contribution in [1.29, 1.82) is 0 Å². The molecule has 2 aromatic heterocycles. The number of hydrogen-bond donors (Lipinski definition) is 1. The van der Waals surface area contributed by atoms with Crippen LogP contribution in [0.2, 0.25) is 0 Å². The topological polar surface area (TPSA) is 68.5 Å². The third-order valence-electron chi connectivity index (χ3n) is 2.12. The third kappa shape index (κ3) is 2.06. The molecule has 0 atom stereocenters. The van der Waals surface area contributed by atoms with Gasteiger partial charge in [-0.2, -0.15) is 4.68 Å². The Kier molecular flexibility index (Phi) is 2.91. The van der Waals surface area contributed by atoms with E-state index >= 15 is 0 Å². The smallest absolute Gasteiger partial charge is 0.174 e. The number of rotatable bonds is 3. The van der Waals surface area contributed by atoms with Crippen LogP contribution in [0.3, 0.4) is 0 Å². The van der Waals surface area contributed by atoms with E-state index in [1.54, 1.807) is 17.1 Å². The lowest BCUT2D eigenvalue weighted by molar-refractivity contribution is 0.747. The zero-order chi connectivity index (χ0) is 11.5. The molecule has 16 heavy (non-hydrogen) atoms. The molecule has 0 aliphatic carbocycles. The van der Waals surface area contributed by atoms with Gasteiger partial charge in [0.2, 0.25) is 0 Å². The predicted molar refractivity (Wildman–Crippen MR) is 59.2 cm³/mol. The lowest BCUT2D eigenvalue weighted by Gasteiger charge is -2.03. The van der Waals surface area contributed by atoms with Crippen LogP contribution < -0.4 is 5.32 Å². The first-order valence-electron chi connectivity index (χ1n) is 5.07. The first kappa shape index (κ1) is 10.7. The van der Waals surface area contributed by atoms with Crippen molar-refractivity contribution in [2.75, 3.05) is 7.05 Å². The van der Waals surface area contributed by atoms with E-state index in [9.17, 15) is 0 Å². The Morgan fingerprint density at radius 2 is 2.06 bits per heavy atom. The van der Waals surface area contributed by atoms with Gasteiger partial charge in [0.25, 0.3) is 0 Å². The van der Waals surface area contributed by atoms with Crippen LogP contribution in [0.4, 0.5) is 0 Å². The molecule has 1 N–H and O–H groups in total. The van der Waals surface area contributed by atoms with Gasteiger partial charge in [-0.05, 0) is 20.9 Å². The molecule has 0 saturated heterocycles. The summed E-state index contributed by atoms with van der Waals surface area (Å²) in [6.07, 6.45) is 3.42. The summed E-state index contributed by atoms with van der Waals surface area (Å²) in [6, 6.07) is 0. The molecule has 0 radical (unpaired) electrons. The van der Waals surface area contributed by atoms with Crippen molar-refractivity contribution >= 4 is 0 Å². The molecule has 6 nitrogen and oxygen atoms in total. The quantitative estimate of drug-likeness (QED) is 0.807. The highest BCUT2D eigenvalue weighted by Gasteiger charge is 2.07. The largest absolute Gasteiger partial charge is 0.314 e. The standard InChI is InChI=1S/C10H14N6/c1-7-13-8(2)16(15-7)10-6-12-5-9(14-10)4-11-3/h5-6,11H,4H2,1-3H3. The number of aryl methyl sites for hydroxylation is 2. The van der Waals surface area contributed by atoms with Gasteiger partial charge in [0, 0.05) is 12.7 Å². The van der Waals surface area contributed by atoms with Gasteiger partial charge >= 0.3 is 0 Å². The van der Waals surface area contributed by atoms with Crippen molar-refractivity contribution in [1.82, 2.24) is 30.0 Å². The van der Waals surface area contributed by atoms with Crippen molar-refractivity contribution in [3.05, 3.63) is 29.7 Å². The molecular weight excluding hydrogens is 204 g/mol. The monoisotopic (exact) mass is 218 g/mol. The molecule has 2 heterocycles. The normalized spacial score (nSPS) is 10.7. The van der Waals surface area contributed by atoms with E-state index in [1.807, 2.05) is 20.9 Å². The van der Waals surface area contributed by atoms with Crippen molar-refractivity contribution in [3.63, 3.8) is 0 Å². The summed E-state index contributed by atoms with van der Waals surface area (Å²) in [5, 5.41) is 7.30. The van der Waals surface area contributed by atoms with Crippen LogP contribution in [0, 0.1) is 13.8 Å². The molecule has 0 aliphatic rings. The molecule has 0 aromatic carbocycles. The average molecular weight is 218 g/mol. The number of nitrogens with zero attached hydrogens (tertiary/aromatic N) is 5. The minimum atomic E-state index is 0.688. The van der Waals surface area contributed by atoms with Crippen LogP contribution in [0.5, 0.6) is 0 Å². The van der Waals surface area contributed by atoms with Crippen LogP contribution in [0.1, 0.15) is 17.3 Å². The highest BCUT2D eigenvalue weighted by Crippen LogP contribution is 2.05. The van der Waals surface area contributed by atoms with Crippen LogP contribution in [-0.4, -0.2) is 31.8 Å². The average Bonchev–Trinajstić information content (AvgIpc) is 2.59. The Labute approximate surface area is 93.8 Å². The first-order chi connectivity index (χ1) is 7.70. The second-order valence-electron chi connectivity index (χ2n) is 3.52. The maximum atomic E-state index is 4.44. The molecule has 84 valence electrons. The molecular formula is C10H14N6. The van der Waals surface area contributed by atoms with E-state index in [1.165, 1.54) is 0 Å². The van der Waals surface area contributed by atoms with Crippen LogP contribution in [0.25, 0.3) is 5.82 Å². The van der Waals surface area contributed by atoms with Gasteiger partial charge in [0.05, 0.1) is 11.9 Å². The predicted octanol–water partition coefficient (Wildman–Crippen LogP) is 0.394. The lowest BCUT2D eigenvalue weighted by Crippen LogP contribution is -2.10. The zero-order valence-electron chi connectivity index (χ0n) is 9.60. The minimum absolute atomic E-state index is 0.688. The van der Waals surface area contributed by atoms with E-state index in [0.29, 0.717) is 12.4 Å². The fourth-order valence-electron chi connectivity index (χ4n) is 1.50. The molecule has 0 aliphatic heterocycles. The van der Waals surface area contributed by atoms with Crippen molar-refractivity contribution in [2.45, 2.75) is 20.4 Å². The van der Waals surface area contributed by atoms with Crippen molar-refractivity contribution in [3.8, 4) is 5.82 Å². The fraction of sp³-hybridized carbons (Fsp3) is 0.400. The van der Waals surface area contributed by atoms with Crippen molar-refractivity contribution < 1.29 is 0 Å². The molecule has 0 amide bonds. The first-order valence-corrected chi connectivity index (χ1v) is 5.07. The summed E-state index contributed by atoms with van der Waals surface area (Å²) in [5.41, 5.74) is 0.882. The van der Waals surface area contributed by atoms with Crippen LogP contribution in [-0.2, 0) is 6.54 Å².